The summed E-state index contributed by atoms with van der Waals surface area (Å²) in [5, 5.41) is 5.34. The molecule has 5 nitrogen and oxygen atoms in total. The summed E-state index contributed by atoms with van der Waals surface area (Å²) in [6.07, 6.45) is 7.71. The highest BCUT2D eigenvalue weighted by Crippen LogP contribution is 2.32. The molecule has 4 rings (SSSR count). The number of H-pyrrole nitrogens is 1. The van der Waals surface area contributed by atoms with Crippen LogP contribution in [0, 0.1) is 11.7 Å². The zero-order valence-electron chi connectivity index (χ0n) is 14.6. The summed E-state index contributed by atoms with van der Waals surface area (Å²) in [7, 11) is 0. The molecular weight excluding hydrogens is 352 g/mol. The molecule has 3 aromatic heterocycles. The first-order chi connectivity index (χ1) is 12.1. The van der Waals surface area contributed by atoms with Gasteiger partial charge in [0.05, 0.1) is 17.6 Å². The second kappa shape index (κ2) is 6.53. The molecule has 3 heterocycles. The van der Waals surface area contributed by atoms with E-state index in [0.717, 1.165) is 47.3 Å². The molecule has 0 radical (unpaired) electrons. The highest BCUT2D eigenvalue weighted by atomic mass is 32.1. The maximum absolute atomic E-state index is 13.2. The van der Waals surface area contributed by atoms with Gasteiger partial charge in [-0.25, -0.2) is 0 Å². The number of nitrogens with zero attached hydrogens (tertiary/aromatic N) is 3. The Morgan fingerprint density at radius 1 is 1.32 bits per heavy atom. The van der Waals surface area contributed by atoms with Gasteiger partial charge in [-0.3, -0.25) is 14.0 Å². The maximum Gasteiger partial charge on any atom is 0.263 e. The third kappa shape index (κ3) is 2.89. The first-order valence-electron chi connectivity index (χ1n) is 8.88. The molecule has 0 bridgehead atoms. The number of thiophene rings is 1. The summed E-state index contributed by atoms with van der Waals surface area (Å²) in [5.41, 5.74) is 3.29. The van der Waals surface area contributed by atoms with Crippen molar-refractivity contribution < 1.29 is 0 Å². The predicted molar refractivity (Wildman–Crippen MR) is 104 cm³/mol. The fourth-order valence-corrected chi connectivity index (χ4v) is 5.23. The topological polar surface area (TPSA) is 55.6 Å². The monoisotopic (exact) mass is 374 g/mol. The summed E-state index contributed by atoms with van der Waals surface area (Å²) in [6.45, 7) is 5.33. The van der Waals surface area contributed by atoms with Gasteiger partial charge in [-0.05, 0) is 57.3 Å². The van der Waals surface area contributed by atoms with Crippen molar-refractivity contribution in [2.75, 3.05) is 0 Å². The van der Waals surface area contributed by atoms with Gasteiger partial charge in [0, 0.05) is 23.2 Å². The number of hydrogen-bond acceptors (Lipinski definition) is 4. The highest BCUT2D eigenvalue weighted by Gasteiger charge is 2.19. The Balaban J connectivity index is 1.86. The summed E-state index contributed by atoms with van der Waals surface area (Å²) in [4.78, 5) is 18.9. The summed E-state index contributed by atoms with van der Waals surface area (Å²) in [6, 6.07) is 0. The van der Waals surface area contributed by atoms with Crippen LogP contribution in [0.3, 0.4) is 0 Å². The van der Waals surface area contributed by atoms with Gasteiger partial charge in [0.2, 0.25) is 0 Å². The van der Waals surface area contributed by atoms with E-state index in [9.17, 15) is 4.79 Å². The molecule has 1 aliphatic carbocycles. The molecule has 0 fully saturated rings. The van der Waals surface area contributed by atoms with Crippen LogP contribution in [0.2, 0.25) is 0 Å². The molecule has 1 aliphatic rings. The quantitative estimate of drug-likeness (QED) is 0.558. The van der Waals surface area contributed by atoms with Crippen molar-refractivity contribution in [2.24, 2.45) is 0 Å². The maximum atomic E-state index is 13.2. The second-order valence-corrected chi connectivity index (χ2v) is 8.18. The third-order valence-electron chi connectivity index (χ3n) is 5.05. The van der Waals surface area contributed by atoms with Crippen molar-refractivity contribution in [3.8, 4) is 0 Å². The molecule has 0 spiro atoms. The number of aromatic amines is 1. The molecule has 0 atom stereocenters. The van der Waals surface area contributed by atoms with E-state index in [1.54, 1.807) is 15.9 Å². The van der Waals surface area contributed by atoms with Gasteiger partial charge < -0.3 is 4.98 Å². The van der Waals surface area contributed by atoms with E-state index in [4.69, 9.17) is 12.2 Å². The first-order valence-corrected chi connectivity index (χ1v) is 10.1. The molecule has 0 unspecified atom stereocenters. The SMILES string of the molecule is CCn1cc(Cn2c(=S)[nH]c3sc4c(c3c2=O)CCCCC4)c(C)n1. The van der Waals surface area contributed by atoms with Gasteiger partial charge >= 0.3 is 0 Å². The van der Waals surface area contributed by atoms with Crippen molar-refractivity contribution in [1.29, 1.82) is 0 Å². The summed E-state index contributed by atoms with van der Waals surface area (Å²) in [5.74, 6) is 0. The Kier molecular flexibility index (Phi) is 4.37. The fourth-order valence-electron chi connectivity index (χ4n) is 3.64. The number of rotatable bonds is 3. The van der Waals surface area contributed by atoms with Crippen LogP contribution < -0.4 is 5.56 Å². The lowest BCUT2D eigenvalue weighted by Gasteiger charge is -2.07. The van der Waals surface area contributed by atoms with Gasteiger partial charge in [-0.15, -0.1) is 11.3 Å². The normalized spacial score (nSPS) is 14.6. The molecule has 1 N–H and O–H groups in total. The Labute approximate surface area is 155 Å². The van der Waals surface area contributed by atoms with Gasteiger partial charge in [0.25, 0.3) is 5.56 Å². The zero-order valence-corrected chi connectivity index (χ0v) is 16.2. The van der Waals surface area contributed by atoms with Crippen LogP contribution in [0.5, 0.6) is 0 Å². The number of fused-ring (bicyclic) bond motifs is 3. The van der Waals surface area contributed by atoms with E-state index in [0.29, 0.717) is 11.3 Å². The number of nitrogens with one attached hydrogen (secondary N) is 1. The van der Waals surface area contributed by atoms with E-state index in [1.165, 1.54) is 23.3 Å². The third-order valence-corrected chi connectivity index (χ3v) is 6.58. The first kappa shape index (κ1) is 16.7. The Morgan fingerprint density at radius 2 is 2.12 bits per heavy atom. The van der Waals surface area contributed by atoms with Crippen LogP contribution in [0.15, 0.2) is 11.0 Å². The van der Waals surface area contributed by atoms with Crippen molar-refractivity contribution in [1.82, 2.24) is 19.3 Å². The standard InChI is InChI=1S/C18H22N4OS2/c1-3-21-9-12(11(2)20-21)10-22-17(23)15-13-7-5-4-6-8-14(13)25-16(15)19-18(22)24/h9H,3-8,10H2,1-2H3,(H,19,24). The molecule has 25 heavy (non-hydrogen) atoms. The van der Waals surface area contributed by atoms with Crippen LogP contribution in [-0.2, 0) is 25.9 Å². The largest absolute Gasteiger partial charge is 0.323 e. The van der Waals surface area contributed by atoms with E-state index in [-0.39, 0.29) is 5.56 Å². The van der Waals surface area contributed by atoms with E-state index in [2.05, 4.69) is 17.0 Å². The lowest BCUT2D eigenvalue weighted by molar-refractivity contribution is 0.652. The minimum atomic E-state index is 0.0433. The predicted octanol–water partition coefficient (Wildman–Crippen LogP) is 3.96. The minimum absolute atomic E-state index is 0.0433. The minimum Gasteiger partial charge on any atom is -0.323 e. The Morgan fingerprint density at radius 3 is 2.88 bits per heavy atom. The van der Waals surface area contributed by atoms with Crippen LogP contribution in [0.25, 0.3) is 10.2 Å². The Hall–Kier alpha value is -1.73. The molecule has 3 aromatic rings. The van der Waals surface area contributed by atoms with Gasteiger partial charge in [-0.2, -0.15) is 5.10 Å². The molecule has 0 saturated carbocycles. The molecule has 0 amide bonds. The van der Waals surface area contributed by atoms with E-state index < -0.39 is 0 Å². The molecule has 0 saturated heterocycles. The van der Waals surface area contributed by atoms with Crippen molar-refractivity contribution in [2.45, 2.75) is 59.0 Å². The van der Waals surface area contributed by atoms with Crippen LogP contribution in [0.1, 0.15) is 47.9 Å². The second-order valence-electron chi connectivity index (χ2n) is 6.69. The lowest BCUT2D eigenvalue weighted by Crippen LogP contribution is -2.23. The van der Waals surface area contributed by atoms with Gasteiger partial charge in [0.15, 0.2) is 4.77 Å². The molecule has 132 valence electrons. The zero-order chi connectivity index (χ0) is 17.6. The molecular formula is C18H22N4OS2. The fraction of sp³-hybridized carbons (Fsp3) is 0.500. The average Bonchev–Trinajstić information content (AvgIpc) is 3.02. The van der Waals surface area contributed by atoms with Gasteiger partial charge in [-0.1, -0.05) is 6.42 Å². The van der Waals surface area contributed by atoms with Crippen molar-refractivity contribution >= 4 is 33.8 Å². The highest BCUT2D eigenvalue weighted by molar-refractivity contribution is 7.71. The summed E-state index contributed by atoms with van der Waals surface area (Å²) >= 11 is 7.21. The number of hydrogen-bond donors (Lipinski definition) is 1. The van der Waals surface area contributed by atoms with Crippen LogP contribution in [-0.4, -0.2) is 19.3 Å². The average molecular weight is 375 g/mol. The van der Waals surface area contributed by atoms with E-state index in [1.807, 2.05) is 17.8 Å². The van der Waals surface area contributed by atoms with Crippen molar-refractivity contribution in [3.63, 3.8) is 0 Å². The Bertz CT molecular complexity index is 1050. The molecule has 0 aliphatic heterocycles. The van der Waals surface area contributed by atoms with Crippen LogP contribution in [0.4, 0.5) is 0 Å². The van der Waals surface area contributed by atoms with Crippen LogP contribution >= 0.6 is 23.6 Å². The molecule has 0 aromatic carbocycles. The smallest absolute Gasteiger partial charge is 0.263 e. The number of aryl methyl sites for hydroxylation is 4. The number of aromatic nitrogens is 4. The lowest BCUT2D eigenvalue weighted by atomic mass is 10.1. The van der Waals surface area contributed by atoms with Gasteiger partial charge in [0.1, 0.15) is 4.83 Å². The van der Waals surface area contributed by atoms with E-state index >= 15 is 0 Å². The summed E-state index contributed by atoms with van der Waals surface area (Å²) < 4.78 is 4.09. The molecule has 7 heteroatoms. The van der Waals surface area contributed by atoms with Crippen molar-refractivity contribution in [3.05, 3.63) is 43.0 Å².